The van der Waals surface area contributed by atoms with Gasteiger partial charge in [-0.15, -0.1) is 6.58 Å². The van der Waals surface area contributed by atoms with Gasteiger partial charge in [0.1, 0.15) is 6.54 Å². The number of fused-ring (bicyclic) bond motifs is 4. The molecule has 0 fully saturated rings. The van der Waals surface area contributed by atoms with Gasteiger partial charge in [-0.3, -0.25) is 0 Å². The van der Waals surface area contributed by atoms with Gasteiger partial charge in [-0.25, -0.2) is 0 Å². The van der Waals surface area contributed by atoms with Crippen molar-refractivity contribution in [1.29, 1.82) is 0 Å². The molecule has 0 saturated carbocycles. The van der Waals surface area contributed by atoms with Gasteiger partial charge in [-0.1, -0.05) is 159 Å². The molecule has 0 saturated heterocycles. The van der Waals surface area contributed by atoms with E-state index >= 15 is 0 Å². The molecule has 2 aliphatic rings. The van der Waals surface area contributed by atoms with E-state index in [2.05, 4.69) is 207 Å². The van der Waals surface area contributed by atoms with Gasteiger partial charge in [-0.2, -0.15) is 4.58 Å². The Bertz CT molecular complexity index is 2420. The number of nitrogens with zero attached hydrogens (tertiary/aromatic N) is 2. The molecule has 6 aromatic rings. The van der Waals surface area contributed by atoms with E-state index in [1.807, 2.05) is 0 Å². The number of hydrogen-bond acceptors (Lipinski definition) is 1. The van der Waals surface area contributed by atoms with Crippen LogP contribution in [0.3, 0.4) is 0 Å². The highest BCUT2D eigenvalue weighted by Gasteiger charge is 2.52. The van der Waals surface area contributed by atoms with Crippen molar-refractivity contribution < 1.29 is 4.58 Å². The summed E-state index contributed by atoms with van der Waals surface area (Å²) in [6.45, 7) is 13.1. The summed E-state index contributed by atoms with van der Waals surface area (Å²) in [6, 6.07) is 53.2. The Morgan fingerprint density at radius 2 is 1.32 bits per heavy atom. The zero-order chi connectivity index (χ0) is 39.4. The standard InChI is InChI=1S/C54H54ClN2/c1-5-34-53(37-41-19-10-7-11-20-41)50(56(6-2)49-31-29-44-25-16-17-26-46(44)52(49)53)27-18-28-51-54(38-42-21-12-8-13-22-42,39-43-23-14-9-15-24-43)47-36-45(55)30-32-48(47)57(51)35-33-40(3)4/h5,7-32,36,40H,1,6,33-35,37-39H2,2-4H3/q+1. The molecule has 8 rings (SSSR count). The molecule has 3 heteroatoms. The van der Waals surface area contributed by atoms with E-state index in [1.165, 1.54) is 61.4 Å². The average Bonchev–Trinajstić information content (AvgIpc) is 3.62. The average molecular weight is 766 g/mol. The molecule has 2 aliphatic heterocycles. The third-order valence-corrected chi connectivity index (χ3v) is 12.5. The molecule has 0 radical (unpaired) electrons. The Kier molecular flexibility index (Phi) is 11.2. The smallest absolute Gasteiger partial charge is 0.209 e. The highest BCUT2D eigenvalue weighted by atomic mass is 35.5. The number of rotatable bonds is 14. The van der Waals surface area contributed by atoms with Crippen molar-refractivity contribution in [2.75, 3.05) is 18.0 Å². The van der Waals surface area contributed by atoms with Gasteiger partial charge in [0.25, 0.3) is 0 Å². The molecule has 286 valence electrons. The summed E-state index contributed by atoms with van der Waals surface area (Å²) in [5, 5.41) is 3.37. The van der Waals surface area contributed by atoms with Crippen LogP contribution < -0.4 is 4.90 Å². The summed E-state index contributed by atoms with van der Waals surface area (Å²) in [4.78, 5) is 2.56. The molecule has 6 aromatic carbocycles. The Morgan fingerprint density at radius 3 is 1.91 bits per heavy atom. The third-order valence-electron chi connectivity index (χ3n) is 12.3. The maximum absolute atomic E-state index is 6.95. The molecule has 0 bridgehead atoms. The Balaban J connectivity index is 1.36. The first-order valence-electron chi connectivity index (χ1n) is 20.7. The lowest BCUT2D eigenvalue weighted by molar-refractivity contribution is -0.439. The van der Waals surface area contributed by atoms with Crippen molar-refractivity contribution >= 4 is 39.5 Å². The van der Waals surface area contributed by atoms with Crippen LogP contribution in [0.25, 0.3) is 10.8 Å². The first-order chi connectivity index (χ1) is 27.9. The summed E-state index contributed by atoms with van der Waals surface area (Å²) >= 11 is 6.95. The molecule has 1 unspecified atom stereocenters. The molecular formula is C54H54ClN2+. The molecule has 0 N–H and O–H groups in total. The van der Waals surface area contributed by atoms with Crippen molar-refractivity contribution in [3.63, 3.8) is 0 Å². The van der Waals surface area contributed by atoms with Crippen LogP contribution in [0, 0.1) is 5.92 Å². The van der Waals surface area contributed by atoms with Gasteiger partial charge in [0.05, 0.1) is 5.41 Å². The first-order valence-corrected chi connectivity index (χ1v) is 21.1. The normalized spacial score (nSPS) is 17.9. The van der Waals surface area contributed by atoms with E-state index in [9.17, 15) is 0 Å². The third kappa shape index (κ3) is 7.33. The summed E-state index contributed by atoms with van der Waals surface area (Å²) in [5.74, 6) is 0.564. The minimum Gasteiger partial charge on any atom is -0.344 e. The number of benzene rings is 6. The predicted octanol–water partition coefficient (Wildman–Crippen LogP) is 13.4. The minimum absolute atomic E-state index is 0.307. The fraction of sp³-hybridized carbons (Fsp3) is 0.241. The summed E-state index contributed by atoms with van der Waals surface area (Å²) in [6.07, 6.45) is 13.9. The second kappa shape index (κ2) is 16.6. The maximum Gasteiger partial charge on any atom is 0.209 e. The van der Waals surface area contributed by atoms with Gasteiger partial charge in [0.15, 0.2) is 5.71 Å². The highest BCUT2D eigenvalue weighted by Crippen LogP contribution is 2.55. The monoisotopic (exact) mass is 765 g/mol. The lowest BCUT2D eigenvalue weighted by atomic mass is 9.69. The van der Waals surface area contributed by atoms with Crippen LogP contribution >= 0.6 is 11.6 Å². The topological polar surface area (TPSA) is 6.25 Å². The molecule has 0 amide bonds. The quantitative estimate of drug-likeness (QED) is 0.0790. The zero-order valence-electron chi connectivity index (χ0n) is 33.7. The van der Waals surface area contributed by atoms with E-state index in [-0.39, 0.29) is 10.8 Å². The van der Waals surface area contributed by atoms with Gasteiger partial charge in [0.2, 0.25) is 5.69 Å². The van der Waals surface area contributed by atoms with Crippen LogP contribution in [-0.4, -0.2) is 23.4 Å². The van der Waals surface area contributed by atoms with Gasteiger partial charge >= 0.3 is 0 Å². The fourth-order valence-electron chi connectivity index (χ4n) is 9.83. The maximum atomic E-state index is 6.95. The molecule has 1 atom stereocenters. The number of likely N-dealkylation sites (N-methyl/N-ethyl adjacent to an activating group) is 1. The lowest BCUT2D eigenvalue weighted by Crippen LogP contribution is -2.39. The van der Waals surface area contributed by atoms with Crippen LogP contribution in [-0.2, 0) is 30.1 Å². The highest BCUT2D eigenvalue weighted by molar-refractivity contribution is 6.30. The van der Waals surface area contributed by atoms with E-state index in [1.54, 1.807) is 0 Å². The van der Waals surface area contributed by atoms with Crippen molar-refractivity contribution in [2.24, 2.45) is 5.92 Å². The number of anilines is 1. The van der Waals surface area contributed by atoms with E-state index in [0.717, 1.165) is 50.2 Å². The van der Waals surface area contributed by atoms with Gasteiger partial charge in [0, 0.05) is 52.5 Å². The summed E-state index contributed by atoms with van der Waals surface area (Å²) in [5.41, 5.74) is 11.2. The van der Waals surface area contributed by atoms with Gasteiger partial charge in [-0.05, 0) is 95.8 Å². The molecular weight excluding hydrogens is 712 g/mol. The molecule has 2 heterocycles. The van der Waals surface area contributed by atoms with Gasteiger partial charge < -0.3 is 4.90 Å². The molecule has 2 nitrogen and oxygen atoms in total. The van der Waals surface area contributed by atoms with Crippen LogP contribution in [0.2, 0.25) is 5.02 Å². The Labute approximate surface area is 345 Å². The fourth-order valence-corrected chi connectivity index (χ4v) is 10.00. The van der Waals surface area contributed by atoms with Crippen molar-refractivity contribution in [3.8, 4) is 0 Å². The molecule has 0 spiro atoms. The van der Waals surface area contributed by atoms with Crippen molar-refractivity contribution in [3.05, 3.63) is 215 Å². The number of hydrogen-bond donors (Lipinski definition) is 0. The Morgan fingerprint density at radius 1 is 0.719 bits per heavy atom. The predicted molar refractivity (Wildman–Crippen MR) is 244 cm³/mol. The Hall–Kier alpha value is -5.44. The van der Waals surface area contributed by atoms with Crippen LogP contribution in [0.15, 0.2) is 182 Å². The second-order valence-corrected chi connectivity index (χ2v) is 16.8. The molecule has 0 aromatic heterocycles. The zero-order valence-corrected chi connectivity index (χ0v) is 34.4. The molecule has 0 aliphatic carbocycles. The summed E-state index contributed by atoms with van der Waals surface area (Å²) in [7, 11) is 0. The largest absolute Gasteiger partial charge is 0.344 e. The second-order valence-electron chi connectivity index (χ2n) is 16.4. The first kappa shape index (κ1) is 38.4. The lowest BCUT2D eigenvalue weighted by Gasteiger charge is -2.33. The SMILES string of the molecule is C=CCC1(Cc2ccccc2)C(=CC=CC2=[N+](CCC(C)C)c3ccc(Cl)cc3C2(Cc2ccccc2)Cc2ccccc2)N(CC)c2ccc3ccccc3c21. The molecule has 57 heavy (non-hydrogen) atoms. The van der Waals surface area contributed by atoms with Crippen LogP contribution in [0.1, 0.15) is 61.4 Å². The number of halogens is 1. The van der Waals surface area contributed by atoms with Crippen molar-refractivity contribution in [1.82, 2.24) is 0 Å². The van der Waals surface area contributed by atoms with E-state index in [4.69, 9.17) is 11.6 Å². The van der Waals surface area contributed by atoms with E-state index < -0.39 is 0 Å². The minimum atomic E-state index is -0.351. The number of allylic oxidation sites excluding steroid dienone is 5. The van der Waals surface area contributed by atoms with Crippen LogP contribution in [0.4, 0.5) is 11.4 Å². The summed E-state index contributed by atoms with van der Waals surface area (Å²) < 4.78 is 2.61. The van der Waals surface area contributed by atoms with E-state index in [0.29, 0.717) is 5.92 Å². The van der Waals surface area contributed by atoms with Crippen LogP contribution in [0.5, 0.6) is 0 Å². The van der Waals surface area contributed by atoms with Crippen molar-refractivity contribution in [2.45, 2.75) is 63.7 Å².